The lowest BCUT2D eigenvalue weighted by Gasteiger charge is -2.07. The molecule has 0 N–H and O–H groups in total. The molecule has 0 aliphatic heterocycles. The molecule has 4 rings (SSSR count). The number of esters is 1. The van der Waals surface area contributed by atoms with E-state index in [1.807, 2.05) is 13.8 Å². The summed E-state index contributed by atoms with van der Waals surface area (Å²) in [5.74, 6) is -0.601. The number of nitrogens with zero attached hydrogens (tertiary/aromatic N) is 4. The van der Waals surface area contributed by atoms with E-state index in [2.05, 4.69) is 9.97 Å². The first-order valence-electron chi connectivity index (χ1n) is 8.00. The van der Waals surface area contributed by atoms with E-state index in [1.165, 1.54) is 44.0 Å². The number of hydrogen-bond donors (Lipinski definition) is 0. The fourth-order valence-electron chi connectivity index (χ4n) is 2.68. The van der Waals surface area contributed by atoms with Crippen molar-refractivity contribution < 1.29 is 9.53 Å². The van der Waals surface area contributed by atoms with Gasteiger partial charge in [0.25, 0.3) is 11.1 Å². The molecular weight excluding hydrogens is 388 g/mol. The standard InChI is InChI=1S/C17H14N4O4S2/c1-9-10(2)27-15-14(9)16(24)20(8-18-15)6-13(23)25-7-11-5-12(22)21-3-4-26-17(21)19-11/h3-5,8H,6-7H2,1-2H3. The number of aromatic nitrogens is 4. The van der Waals surface area contributed by atoms with Gasteiger partial charge in [0.15, 0.2) is 4.96 Å². The molecule has 0 saturated heterocycles. The molecule has 0 amide bonds. The lowest BCUT2D eigenvalue weighted by molar-refractivity contribution is -0.145. The highest BCUT2D eigenvalue weighted by molar-refractivity contribution is 7.18. The summed E-state index contributed by atoms with van der Waals surface area (Å²) in [5, 5.41) is 2.29. The zero-order valence-electron chi connectivity index (χ0n) is 14.5. The predicted molar refractivity (Wildman–Crippen MR) is 102 cm³/mol. The maximum atomic E-state index is 12.6. The summed E-state index contributed by atoms with van der Waals surface area (Å²) in [4.78, 5) is 47.4. The van der Waals surface area contributed by atoms with Crippen molar-refractivity contribution in [2.75, 3.05) is 0 Å². The molecule has 4 aromatic rings. The Bertz CT molecular complexity index is 1300. The minimum absolute atomic E-state index is 0.135. The summed E-state index contributed by atoms with van der Waals surface area (Å²) in [6, 6.07) is 1.32. The van der Waals surface area contributed by atoms with E-state index in [-0.39, 0.29) is 24.3 Å². The number of fused-ring (bicyclic) bond motifs is 2. The van der Waals surface area contributed by atoms with Gasteiger partial charge in [-0.1, -0.05) is 0 Å². The Kier molecular flexibility index (Phi) is 4.36. The number of thiophene rings is 1. The topological polar surface area (TPSA) is 95.6 Å². The van der Waals surface area contributed by atoms with E-state index in [0.717, 1.165) is 10.4 Å². The fraction of sp³-hybridized carbons (Fsp3) is 0.235. The van der Waals surface area contributed by atoms with E-state index in [0.29, 0.717) is 20.9 Å². The zero-order valence-corrected chi connectivity index (χ0v) is 16.1. The number of carbonyl (C=O) groups excluding carboxylic acids is 1. The minimum Gasteiger partial charge on any atom is -0.458 e. The normalized spacial score (nSPS) is 11.3. The average molecular weight is 402 g/mol. The zero-order chi connectivity index (χ0) is 19.1. The SMILES string of the molecule is Cc1sc2ncn(CC(=O)OCc3cc(=O)n4ccsc4n3)c(=O)c2c1C. The molecule has 0 unspecified atom stereocenters. The maximum Gasteiger partial charge on any atom is 0.326 e. The van der Waals surface area contributed by atoms with Crippen molar-refractivity contribution in [3.8, 4) is 0 Å². The van der Waals surface area contributed by atoms with Gasteiger partial charge in [-0.3, -0.25) is 23.4 Å². The Hall–Kier alpha value is -2.85. The molecule has 10 heteroatoms. The quantitative estimate of drug-likeness (QED) is 0.484. The molecule has 0 aliphatic rings. The Labute approximate surface area is 160 Å². The van der Waals surface area contributed by atoms with Crippen molar-refractivity contribution in [2.24, 2.45) is 0 Å². The van der Waals surface area contributed by atoms with E-state index in [4.69, 9.17) is 4.74 Å². The number of aryl methyl sites for hydroxylation is 2. The van der Waals surface area contributed by atoms with Gasteiger partial charge in [-0.25, -0.2) is 9.97 Å². The molecule has 138 valence electrons. The molecule has 0 aliphatic carbocycles. The van der Waals surface area contributed by atoms with Crippen LogP contribution in [0.1, 0.15) is 16.1 Å². The number of ether oxygens (including phenoxy) is 1. The van der Waals surface area contributed by atoms with Crippen LogP contribution in [-0.4, -0.2) is 24.9 Å². The molecule has 0 fully saturated rings. The molecule has 0 bridgehead atoms. The summed E-state index contributed by atoms with van der Waals surface area (Å²) in [6.07, 6.45) is 2.98. The highest BCUT2D eigenvalue weighted by Gasteiger charge is 2.14. The summed E-state index contributed by atoms with van der Waals surface area (Å²) >= 11 is 2.77. The largest absolute Gasteiger partial charge is 0.458 e. The van der Waals surface area contributed by atoms with Crippen molar-refractivity contribution in [1.82, 2.24) is 18.9 Å². The van der Waals surface area contributed by atoms with Crippen LogP contribution in [0.5, 0.6) is 0 Å². The highest BCUT2D eigenvalue weighted by atomic mass is 32.1. The fourth-order valence-corrected chi connectivity index (χ4v) is 4.41. The van der Waals surface area contributed by atoms with Gasteiger partial charge in [0.1, 0.15) is 18.0 Å². The predicted octanol–water partition coefficient (Wildman–Crippen LogP) is 1.89. The molecule has 0 atom stereocenters. The van der Waals surface area contributed by atoms with E-state index >= 15 is 0 Å². The number of hydrogen-bond acceptors (Lipinski definition) is 8. The second-order valence-electron chi connectivity index (χ2n) is 5.94. The van der Waals surface area contributed by atoms with Crippen LogP contribution in [-0.2, 0) is 22.7 Å². The van der Waals surface area contributed by atoms with Crippen molar-refractivity contribution >= 4 is 43.8 Å². The second-order valence-corrected chi connectivity index (χ2v) is 8.02. The van der Waals surface area contributed by atoms with Gasteiger partial charge in [0.05, 0.1) is 17.4 Å². The molecule has 4 aromatic heterocycles. The third-order valence-corrected chi connectivity index (χ3v) is 6.06. The third kappa shape index (κ3) is 3.17. The second kappa shape index (κ2) is 6.71. The first kappa shape index (κ1) is 17.6. The minimum atomic E-state index is -0.601. The van der Waals surface area contributed by atoms with E-state index in [9.17, 15) is 14.4 Å². The van der Waals surface area contributed by atoms with Crippen molar-refractivity contribution in [3.63, 3.8) is 0 Å². The molecule has 27 heavy (non-hydrogen) atoms. The van der Waals surface area contributed by atoms with Gasteiger partial charge in [0.2, 0.25) is 0 Å². The Morgan fingerprint density at radius 1 is 1.30 bits per heavy atom. The lowest BCUT2D eigenvalue weighted by atomic mass is 10.2. The van der Waals surface area contributed by atoms with Crippen molar-refractivity contribution in [2.45, 2.75) is 27.0 Å². The number of thiazole rings is 1. The van der Waals surface area contributed by atoms with Gasteiger partial charge in [-0.2, -0.15) is 0 Å². The van der Waals surface area contributed by atoms with Gasteiger partial charge >= 0.3 is 5.97 Å². The summed E-state index contributed by atoms with van der Waals surface area (Å²) in [5.41, 5.74) is 0.738. The molecule has 0 spiro atoms. The first-order chi connectivity index (χ1) is 12.9. The van der Waals surface area contributed by atoms with Crippen LogP contribution in [0.2, 0.25) is 0 Å². The summed E-state index contributed by atoms with van der Waals surface area (Å²) < 4.78 is 7.83. The molecular formula is C17H14N4O4S2. The summed E-state index contributed by atoms with van der Waals surface area (Å²) in [7, 11) is 0. The highest BCUT2D eigenvalue weighted by Crippen LogP contribution is 2.25. The van der Waals surface area contributed by atoms with E-state index < -0.39 is 5.97 Å². The van der Waals surface area contributed by atoms with Crippen LogP contribution >= 0.6 is 22.7 Å². The van der Waals surface area contributed by atoms with Crippen LogP contribution in [0.3, 0.4) is 0 Å². The van der Waals surface area contributed by atoms with Gasteiger partial charge in [-0.05, 0) is 19.4 Å². The van der Waals surface area contributed by atoms with Gasteiger partial charge < -0.3 is 4.74 Å². The first-order valence-corrected chi connectivity index (χ1v) is 9.70. The van der Waals surface area contributed by atoms with Gasteiger partial charge in [-0.15, -0.1) is 22.7 Å². The Morgan fingerprint density at radius 3 is 2.93 bits per heavy atom. The third-order valence-electron chi connectivity index (χ3n) is 4.19. The van der Waals surface area contributed by atoms with Crippen LogP contribution in [0.4, 0.5) is 0 Å². The molecule has 8 nitrogen and oxygen atoms in total. The maximum absolute atomic E-state index is 12.6. The van der Waals surface area contributed by atoms with Crippen LogP contribution in [0, 0.1) is 13.8 Å². The number of rotatable bonds is 4. The molecule has 4 heterocycles. The molecule has 0 saturated carbocycles. The smallest absolute Gasteiger partial charge is 0.326 e. The number of carbonyl (C=O) groups is 1. The van der Waals surface area contributed by atoms with Crippen LogP contribution in [0.25, 0.3) is 15.2 Å². The molecule has 0 radical (unpaired) electrons. The van der Waals surface area contributed by atoms with Gasteiger partial charge in [0, 0.05) is 22.5 Å². The molecule has 0 aromatic carbocycles. The summed E-state index contributed by atoms with van der Waals surface area (Å²) in [6.45, 7) is 3.41. The average Bonchev–Trinajstić information content (AvgIpc) is 3.21. The van der Waals surface area contributed by atoms with Crippen molar-refractivity contribution in [1.29, 1.82) is 0 Å². The van der Waals surface area contributed by atoms with Crippen LogP contribution in [0.15, 0.2) is 33.6 Å². The Morgan fingerprint density at radius 2 is 2.11 bits per heavy atom. The van der Waals surface area contributed by atoms with Crippen molar-refractivity contribution in [3.05, 3.63) is 60.8 Å². The Balaban J connectivity index is 1.51. The van der Waals surface area contributed by atoms with E-state index in [1.54, 1.807) is 11.6 Å². The lowest BCUT2D eigenvalue weighted by Crippen LogP contribution is -2.25. The van der Waals surface area contributed by atoms with Crippen LogP contribution < -0.4 is 11.1 Å². The monoisotopic (exact) mass is 402 g/mol.